The number of rotatable bonds is 1. The number of aryl methyl sites for hydroxylation is 1. The Morgan fingerprint density at radius 2 is 1.87 bits per heavy atom. The van der Waals surface area contributed by atoms with E-state index in [0.717, 1.165) is 11.3 Å². The smallest absolute Gasteiger partial charge is 0.158 e. The van der Waals surface area contributed by atoms with Crippen molar-refractivity contribution in [3.63, 3.8) is 0 Å². The molecule has 0 saturated heterocycles. The van der Waals surface area contributed by atoms with Crippen LogP contribution in [0.4, 0.5) is 0 Å². The molecule has 1 aromatic heterocycles. The van der Waals surface area contributed by atoms with Crippen LogP contribution in [0.2, 0.25) is 0 Å². The second-order valence-corrected chi connectivity index (χ2v) is 3.25. The number of hydrogen-bond donors (Lipinski definition) is 2. The van der Waals surface area contributed by atoms with Crippen LogP contribution in [0, 0.1) is 6.92 Å². The average molecular weight is 202 g/mol. The lowest BCUT2D eigenvalue weighted by atomic mass is 10.1. The van der Waals surface area contributed by atoms with Crippen LogP contribution in [0.15, 0.2) is 30.6 Å². The van der Waals surface area contributed by atoms with Crippen molar-refractivity contribution < 1.29 is 10.2 Å². The van der Waals surface area contributed by atoms with Gasteiger partial charge in [0.25, 0.3) is 0 Å². The van der Waals surface area contributed by atoms with Gasteiger partial charge in [-0.05, 0) is 25.1 Å². The van der Waals surface area contributed by atoms with Gasteiger partial charge in [0.05, 0.1) is 17.6 Å². The molecule has 0 spiro atoms. The minimum absolute atomic E-state index is 0.139. The van der Waals surface area contributed by atoms with Crippen LogP contribution in [0.3, 0.4) is 0 Å². The summed E-state index contributed by atoms with van der Waals surface area (Å²) in [5, 5.41) is 18.5. The summed E-state index contributed by atoms with van der Waals surface area (Å²) < 4.78 is 0. The van der Waals surface area contributed by atoms with Crippen molar-refractivity contribution in [1.82, 2.24) is 9.97 Å². The number of phenols is 2. The predicted molar refractivity (Wildman–Crippen MR) is 55.5 cm³/mol. The van der Waals surface area contributed by atoms with Gasteiger partial charge >= 0.3 is 0 Å². The molecule has 0 saturated carbocycles. The maximum atomic E-state index is 9.33. The third-order valence-corrected chi connectivity index (χ3v) is 2.03. The Bertz CT molecular complexity index is 498. The summed E-state index contributed by atoms with van der Waals surface area (Å²) >= 11 is 0. The standard InChI is InChI=1S/C11H10N2O2/c1-7-5-12-6-9(13-7)8-2-3-10(14)11(15)4-8/h2-6,14-15H,1H3. The van der Waals surface area contributed by atoms with E-state index in [1.54, 1.807) is 18.5 Å². The first-order valence-electron chi connectivity index (χ1n) is 4.48. The zero-order chi connectivity index (χ0) is 10.8. The van der Waals surface area contributed by atoms with Crippen molar-refractivity contribution in [3.8, 4) is 22.8 Å². The topological polar surface area (TPSA) is 66.2 Å². The first-order valence-corrected chi connectivity index (χ1v) is 4.48. The van der Waals surface area contributed by atoms with Crippen LogP contribution >= 0.6 is 0 Å². The van der Waals surface area contributed by atoms with Crippen molar-refractivity contribution in [1.29, 1.82) is 0 Å². The second kappa shape index (κ2) is 3.57. The maximum Gasteiger partial charge on any atom is 0.158 e. The minimum Gasteiger partial charge on any atom is -0.504 e. The molecule has 1 heterocycles. The summed E-state index contributed by atoms with van der Waals surface area (Å²) in [6.07, 6.45) is 3.27. The number of phenolic OH excluding ortho intramolecular Hbond substituents is 2. The number of benzene rings is 1. The summed E-state index contributed by atoms with van der Waals surface area (Å²) in [6.45, 7) is 1.84. The van der Waals surface area contributed by atoms with E-state index in [4.69, 9.17) is 5.11 Å². The predicted octanol–water partition coefficient (Wildman–Crippen LogP) is 1.86. The molecule has 0 atom stereocenters. The summed E-state index contributed by atoms with van der Waals surface area (Å²) in [7, 11) is 0. The molecule has 4 nitrogen and oxygen atoms in total. The van der Waals surface area contributed by atoms with E-state index in [-0.39, 0.29) is 11.5 Å². The highest BCUT2D eigenvalue weighted by atomic mass is 16.3. The summed E-state index contributed by atoms with van der Waals surface area (Å²) in [6, 6.07) is 4.56. The zero-order valence-electron chi connectivity index (χ0n) is 8.18. The van der Waals surface area contributed by atoms with Gasteiger partial charge in [0, 0.05) is 11.8 Å². The highest BCUT2D eigenvalue weighted by Crippen LogP contribution is 2.29. The molecule has 0 fully saturated rings. The van der Waals surface area contributed by atoms with Crippen LogP contribution in [0.5, 0.6) is 11.5 Å². The third kappa shape index (κ3) is 1.88. The van der Waals surface area contributed by atoms with Gasteiger partial charge in [0.15, 0.2) is 11.5 Å². The molecule has 0 aliphatic heterocycles. The van der Waals surface area contributed by atoms with Crippen LogP contribution in [0.1, 0.15) is 5.69 Å². The SMILES string of the molecule is Cc1cncc(-c2ccc(O)c(O)c2)n1. The molecule has 2 rings (SSSR count). The van der Waals surface area contributed by atoms with E-state index in [2.05, 4.69) is 9.97 Å². The van der Waals surface area contributed by atoms with Crippen molar-refractivity contribution >= 4 is 0 Å². The Labute approximate surface area is 86.9 Å². The average Bonchev–Trinajstić information content (AvgIpc) is 2.22. The molecule has 2 N–H and O–H groups in total. The van der Waals surface area contributed by atoms with Crippen molar-refractivity contribution in [3.05, 3.63) is 36.3 Å². The fraction of sp³-hybridized carbons (Fsp3) is 0.0909. The molecular weight excluding hydrogens is 192 g/mol. The fourth-order valence-electron chi connectivity index (χ4n) is 1.29. The van der Waals surface area contributed by atoms with Gasteiger partial charge in [-0.25, -0.2) is 4.98 Å². The summed E-state index contributed by atoms with van der Waals surface area (Å²) in [5.41, 5.74) is 2.20. The molecule has 76 valence electrons. The number of hydrogen-bond acceptors (Lipinski definition) is 4. The van der Waals surface area contributed by atoms with Crippen molar-refractivity contribution in [2.24, 2.45) is 0 Å². The van der Waals surface area contributed by atoms with E-state index in [0.29, 0.717) is 5.69 Å². The Morgan fingerprint density at radius 1 is 1.07 bits per heavy atom. The number of nitrogens with zero attached hydrogens (tertiary/aromatic N) is 2. The van der Waals surface area contributed by atoms with Gasteiger partial charge in [0.2, 0.25) is 0 Å². The summed E-state index contributed by atoms with van der Waals surface area (Å²) in [5.74, 6) is -0.296. The molecular formula is C11H10N2O2. The maximum absolute atomic E-state index is 9.33. The van der Waals surface area contributed by atoms with Crippen LogP contribution in [-0.2, 0) is 0 Å². The van der Waals surface area contributed by atoms with Gasteiger partial charge < -0.3 is 10.2 Å². The third-order valence-electron chi connectivity index (χ3n) is 2.03. The molecule has 2 aromatic rings. The molecule has 15 heavy (non-hydrogen) atoms. The molecule has 0 bridgehead atoms. The summed E-state index contributed by atoms with van der Waals surface area (Å²) in [4.78, 5) is 8.27. The van der Waals surface area contributed by atoms with E-state index in [9.17, 15) is 5.11 Å². The molecule has 0 unspecified atom stereocenters. The zero-order valence-corrected chi connectivity index (χ0v) is 8.18. The fourth-order valence-corrected chi connectivity index (χ4v) is 1.29. The van der Waals surface area contributed by atoms with Crippen LogP contribution < -0.4 is 0 Å². The van der Waals surface area contributed by atoms with Gasteiger partial charge in [-0.2, -0.15) is 0 Å². The molecule has 0 aliphatic carbocycles. The van der Waals surface area contributed by atoms with E-state index in [1.165, 1.54) is 12.1 Å². The molecule has 4 heteroatoms. The lowest BCUT2D eigenvalue weighted by Crippen LogP contribution is -1.88. The monoisotopic (exact) mass is 202 g/mol. The van der Waals surface area contributed by atoms with Gasteiger partial charge in [-0.15, -0.1) is 0 Å². The van der Waals surface area contributed by atoms with Crippen LogP contribution in [-0.4, -0.2) is 20.2 Å². The Kier molecular flexibility index (Phi) is 2.25. The molecule has 0 aliphatic rings. The molecule has 0 amide bonds. The first kappa shape index (κ1) is 9.45. The molecule has 1 aromatic carbocycles. The van der Waals surface area contributed by atoms with E-state index >= 15 is 0 Å². The first-order chi connectivity index (χ1) is 7.16. The molecule has 0 radical (unpaired) electrons. The Hall–Kier alpha value is -2.10. The Morgan fingerprint density at radius 3 is 2.53 bits per heavy atom. The highest BCUT2D eigenvalue weighted by Gasteiger charge is 2.04. The Balaban J connectivity index is 2.50. The van der Waals surface area contributed by atoms with Crippen molar-refractivity contribution in [2.45, 2.75) is 6.92 Å². The lowest BCUT2D eigenvalue weighted by molar-refractivity contribution is 0.404. The van der Waals surface area contributed by atoms with Gasteiger partial charge in [-0.1, -0.05) is 0 Å². The number of aromatic nitrogens is 2. The highest BCUT2D eigenvalue weighted by molar-refractivity contribution is 5.62. The van der Waals surface area contributed by atoms with Gasteiger partial charge in [0.1, 0.15) is 0 Å². The van der Waals surface area contributed by atoms with Crippen molar-refractivity contribution in [2.75, 3.05) is 0 Å². The lowest BCUT2D eigenvalue weighted by Gasteiger charge is -2.03. The van der Waals surface area contributed by atoms with Gasteiger partial charge in [-0.3, -0.25) is 4.98 Å². The quantitative estimate of drug-likeness (QED) is 0.693. The normalized spacial score (nSPS) is 10.2. The van der Waals surface area contributed by atoms with E-state index in [1.807, 2.05) is 6.92 Å². The number of aromatic hydroxyl groups is 2. The largest absolute Gasteiger partial charge is 0.504 e. The second-order valence-electron chi connectivity index (χ2n) is 3.25. The van der Waals surface area contributed by atoms with Crippen LogP contribution in [0.25, 0.3) is 11.3 Å². The minimum atomic E-state index is -0.157. The van der Waals surface area contributed by atoms with E-state index < -0.39 is 0 Å².